The minimum atomic E-state index is -0.435. The molecule has 0 fully saturated rings. The molecule has 0 spiro atoms. The Kier molecular flexibility index (Phi) is 7.15. The summed E-state index contributed by atoms with van der Waals surface area (Å²) in [4.78, 5) is 26.9. The minimum Gasteiger partial charge on any atom is -0.466 e. The molecule has 168 valence electrons. The number of urea groups is 1. The van der Waals surface area contributed by atoms with Crippen LogP contribution < -0.4 is 16.0 Å². The van der Waals surface area contributed by atoms with Crippen LogP contribution in [-0.4, -0.2) is 35.7 Å². The van der Waals surface area contributed by atoms with Crippen LogP contribution in [0.4, 0.5) is 16.2 Å². The van der Waals surface area contributed by atoms with Crippen LogP contribution in [0.2, 0.25) is 0 Å². The van der Waals surface area contributed by atoms with Gasteiger partial charge in [0.05, 0.1) is 18.7 Å². The first-order chi connectivity index (χ1) is 15.3. The van der Waals surface area contributed by atoms with Gasteiger partial charge in [0, 0.05) is 23.6 Å². The molecule has 1 aliphatic rings. The molecular formula is C24H28N4O3S. The average Bonchev–Trinajstić information content (AvgIpc) is 2.76. The summed E-state index contributed by atoms with van der Waals surface area (Å²) >= 11 is 5.49. The lowest BCUT2D eigenvalue weighted by atomic mass is 9.95. The van der Waals surface area contributed by atoms with Crippen LogP contribution in [-0.2, 0) is 9.53 Å². The van der Waals surface area contributed by atoms with E-state index in [1.54, 1.807) is 12.1 Å². The Morgan fingerprint density at radius 3 is 2.25 bits per heavy atom. The van der Waals surface area contributed by atoms with Gasteiger partial charge in [-0.3, -0.25) is 0 Å². The van der Waals surface area contributed by atoms with E-state index < -0.39 is 12.0 Å². The standard InChI is InChI=1S/C24H28N4O3S/c1-6-28-16(4)19(22(29)31-5)21(27-24(28)32)17-10-12-18(13-11-17)25-23(30)26-20-14(2)8-7-9-15(20)3/h7-13,21H,6H2,1-5H3,(H,27,32)(H2,25,26,30)/t21-/m1/s1. The van der Waals surface area contributed by atoms with E-state index in [9.17, 15) is 9.59 Å². The number of benzene rings is 2. The molecule has 2 amide bonds. The molecule has 0 saturated carbocycles. The molecule has 7 nitrogen and oxygen atoms in total. The fourth-order valence-corrected chi connectivity index (χ4v) is 4.22. The van der Waals surface area contributed by atoms with Crippen molar-refractivity contribution in [2.75, 3.05) is 24.3 Å². The van der Waals surface area contributed by atoms with E-state index in [1.807, 2.05) is 62.9 Å². The lowest BCUT2D eigenvalue weighted by Crippen LogP contribution is -2.47. The van der Waals surface area contributed by atoms with Crippen LogP contribution in [0, 0.1) is 13.8 Å². The third-order valence-corrected chi connectivity index (χ3v) is 5.88. The number of methoxy groups -OCH3 is 1. The van der Waals surface area contributed by atoms with Gasteiger partial charge in [0.1, 0.15) is 0 Å². The second-order valence-corrected chi connectivity index (χ2v) is 7.97. The number of carbonyl (C=O) groups excluding carboxylic acids is 2. The van der Waals surface area contributed by atoms with Crippen LogP contribution in [0.3, 0.4) is 0 Å². The number of carbonyl (C=O) groups is 2. The zero-order valence-electron chi connectivity index (χ0n) is 18.9. The molecule has 32 heavy (non-hydrogen) atoms. The highest BCUT2D eigenvalue weighted by Gasteiger charge is 2.33. The second kappa shape index (κ2) is 9.82. The first-order valence-electron chi connectivity index (χ1n) is 10.4. The third-order valence-electron chi connectivity index (χ3n) is 5.54. The van der Waals surface area contributed by atoms with Crippen molar-refractivity contribution in [3.8, 4) is 0 Å². The van der Waals surface area contributed by atoms with E-state index in [0.29, 0.717) is 22.9 Å². The summed E-state index contributed by atoms with van der Waals surface area (Å²) in [7, 11) is 1.37. The fraction of sp³-hybridized carbons (Fsp3) is 0.292. The maximum absolute atomic E-state index is 12.5. The molecule has 8 heteroatoms. The molecule has 0 aromatic heterocycles. The van der Waals surface area contributed by atoms with Crippen LogP contribution in [0.25, 0.3) is 0 Å². The minimum absolute atomic E-state index is 0.323. The number of hydrogen-bond acceptors (Lipinski definition) is 4. The summed E-state index contributed by atoms with van der Waals surface area (Å²) in [5.41, 5.74) is 5.53. The van der Waals surface area contributed by atoms with Crippen molar-refractivity contribution in [1.82, 2.24) is 10.2 Å². The zero-order valence-corrected chi connectivity index (χ0v) is 19.7. The van der Waals surface area contributed by atoms with Crippen molar-refractivity contribution in [2.45, 2.75) is 33.7 Å². The maximum atomic E-state index is 12.5. The summed E-state index contributed by atoms with van der Waals surface area (Å²) in [6, 6.07) is 12.4. The van der Waals surface area contributed by atoms with E-state index in [0.717, 1.165) is 28.1 Å². The lowest BCUT2D eigenvalue weighted by Gasteiger charge is -2.36. The molecule has 2 aromatic carbocycles. The topological polar surface area (TPSA) is 82.7 Å². The normalized spacial score (nSPS) is 15.8. The SMILES string of the molecule is CCN1C(=S)N[C@H](c2ccc(NC(=O)Nc3c(C)cccc3C)cc2)C(C(=O)OC)=C1C. The lowest BCUT2D eigenvalue weighted by molar-refractivity contribution is -0.136. The number of anilines is 2. The van der Waals surface area contributed by atoms with Gasteiger partial charge >= 0.3 is 12.0 Å². The smallest absolute Gasteiger partial charge is 0.337 e. The van der Waals surface area contributed by atoms with Crippen molar-refractivity contribution in [1.29, 1.82) is 0 Å². The number of thiocarbonyl (C=S) groups is 1. The molecule has 0 unspecified atom stereocenters. The van der Waals surface area contributed by atoms with Crippen molar-refractivity contribution >= 4 is 40.7 Å². The van der Waals surface area contributed by atoms with Crippen LogP contribution in [0.1, 0.15) is 36.6 Å². The number of ether oxygens (including phenoxy) is 1. The molecule has 1 heterocycles. The van der Waals surface area contributed by atoms with E-state index in [-0.39, 0.29) is 6.03 Å². The van der Waals surface area contributed by atoms with Crippen LogP contribution in [0.5, 0.6) is 0 Å². The van der Waals surface area contributed by atoms with E-state index in [1.165, 1.54) is 7.11 Å². The van der Waals surface area contributed by atoms with Gasteiger partial charge in [-0.1, -0.05) is 30.3 Å². The first kappa shape index (κ1) is 23.3. The number of rotatable bonds is 5. The summed E-state index contributed by atoms with van der Waals surface area (Å²) in [5.74, 6) is -0.406. The predicted octanol–water partition coefficient (Wildman–Crippen LogP) is 4.65. The summed E-state index contributed by atoms with van der Waals surface area (Å²) in [6.45, 7) is 8.38. The monoisotopic (exact) mass is 452 g/mol. The Bertz CT molecular complexity index is 1060. The Morgan fingerprint density at radius 2 is 1.69 bits per heavy atom. The van der Waals surface area contributed by atoms with E-state index >= 15 is 0 Å². The fourth-order valence-electron chi connectivity index (χ4n) is 3.83. The average molecular weight is 453 g/mol. The molecule has 3 rings (SSSR count). The van der Waals surface area contributed by atoms with Crippen molar-refractivity contribution < 1.29 is 14.3 Å². The van der Waals surface area contributed by atoms with Gasteiger partial charge in [0.25, 0.3) is 0 Å². The van der Waals surface area contributed by atoms with Gasteiger partial charge in [-0.25, -0.2) is 9.59 Å². The number of nitrogens with zero attached hydrogens (tertiary/aromatic N) is 1. The highest BCUT2D eigenvalue weighted by atomic mass is 32.1. The Balaban J connectivity index is 1.80. The molecular weight excluding hydrogens is 424 g/mol. The Morgan fingerprint density at radius 1 is 1.06 bits per heavy atom. The molecule has 0 radical (unpaired) electrons. The summed E-state index contributed by atoms with van der Waals surface area (Å²) < 4.78 is 5.02. The Labute approximate surface area is 193 Å². The van der Waals surface area contributed by atoms with Gasteiger partial charge in [-0.2, -0.15) is 0 Å². The van der Waals surface area contributed by atoms with Gasteiger partial charge in [0.15, 0.2) is 5.11 Å². The first-order valence-corrected chi connectivity index (χ1v) is 10.8. The molecule has 0 bridgehead atoms. The molecule has 1 aliphatic heterocycles. The molecule has 1 atom stereocenters. The van der Waals surface area contributed by atoms with E-state index in [2.05, 4.69) is 16.0 Å². The number of nitrogens with one attached hydrogen (secondary N) is 3. The molecule has 2 aromatic rings. The number of esters is 1. The number of amides is 2. The van der Waals surface area contributed by atoms with Crippen molar-refractivity contribution in [3.63, 3.8) is 0 Å². The number of para-hydroxylation sites is 1. The second-order valence-electron chi connectivity index (χ2n) is 7.59. The highest BCUT2D eigenvalue weighted by Crippen LogP contribution is 2.32. The van der Waals surface area contributed by atoms with Gasteiger partial charge in [-0.05, 0) is 68.7 Å². The van der Waals surface area contributed by atoms with Crippen LogP contribution in [0.15, 0.2) is 53.7 Å². The van der Waals surface area contributed by atoms with E-state index in [4.69, 9.17) is 17.0 Å². The van der Waals surface area contributed by atoms with Gasteiger partial charge < -0.3 is 25.6 Å². The van der Waals surface area contributed by atoms with Gasteiger partial charge in [0.2, 0.25) is 0 Å². The molecule has 0 saturated heterocycles. The largest absolute Gasteiger partial charge is 0.466 e. The number of allylic oxidation sites excluding steroid dienone is 1. The molecule has 3 N–H and O–H groups in total. The Hall–Kier alpha value is -3.39. The van der Waals surface area contributed by atoms with Crippen molar-refractivity contribution in [3.05, 3.63) is 70.4 Å². The summed E-state index contributed by atoms with van der Waals surface area (Å²) in [6.07, 6.45) is 0. The zero-order chi connectivity index (χ0) is 23.4. The third kappa shape index (κ3) is 4.75. The summed E-state index contributed by atoms with van der Waals surface area (Å²) in [5, 5.41) is 9.54. The van der Waals surface area contributed by atoms with Crippen LogP contribution >= 0.6 is 12.2 Å². The van der Waals surface area contributed by atoms with Gasteiger partial charge in [-0.15, -0.1) is 0 Å². The maximum Gasteiger partial charge on any atom is 0.337 e. The quantitative estimate of drug-likeness (QED) is 0.453. The molecule has 0 aliphatic carbocycles. The highest BCUT2D eigenvalue weighted by molar-refractivity contribution is 7.80. The number of hydrogen-bond donors (Lipinski definition) is 3. The predicted molar refractivity (Wildman–Crippen MR) is 131 cm³/mol. The number of aryl methyl sites for hydroxylation is 2. The van der Waals surface area contributed by atoms with Crippen molar-refractivity contribution in [2.24, 2.45) is 0 Å².